The minimum absolute atomic E-state index is 0.0889. The Labute approximate surface area is 127 Å². The molecule has 0 radical (unpaired) electrons. The molecule has 0 aromatic carbocycles. The van der Waals surface area contributed by atoms with Gasteiger partial charge in [-0.15, -0.1) is 0 Å². The molecule has 0 saturated carbocycles. The largest absolute Gasteiger partial charge is 0.465 e. The summed E-state index contributed by atoms with van der Waals surface area (Å²) < 4.78 is 32.7. The molecule has 2 N–H and O–H groups in total. The maximum Gasteiger partial charge on any atom is 0.244 e. The summed E-state index contributed by atoms with van der Waals surface area (Å²) in [5.74, 6) is 3.92. The summed E-state index contributed by atoms with van der Waals surface area (Å²) in [6.45, 7) is 3.33. The van der Waals surface area contributed by atoms with Crippen molar-refractivity contribution in [2.45, 2.75) is 30.6 Å². The number of aryl methyl sites for hydroxylation is 2. The second-order valence-electron chi connectivity index (χ2n) is 4.60. The minimum Gasteiger partial charge on any atom is -0.465 e. The molecule has 0 amide bonds. The standard InChI is InChI=1S/C12H19NO4S3/c1-8-11(6-14)12(9(2)17-8)20(15,16)13-5-10-7-18-3-4-19-10/h10,13-14H,3-7H2,1-2H3. The molecule has 0 aliphatic carbocycles. The van der Waals surface area contributed by atoms with Crippen molar-refractivity contribution < 1.29 is 17.9 Å². The normalized spacial score (nSPS) is 20.2. The highest BCUT2D eigenvalue weighted by atomic mass is 32.2. The van der Waals surface area contributed by atoms with Crippen LogP contribution < -0.4 is 4.72 Å². The number of furan rings is 1. The Morgan fingerprint density at radius 3 is 2.70 bits per heavy atom. The summed E-state index contributed by atoms with van der Waals surface area (Å²) in [7, 11) is -3.64. The third kappa shape index (κ3) is 3.54. The number of aliphatic hydroxyl groups is 1. The number of sulfonamides is 1. The van der Waals surface area contributed by atoms with Crippen LogP contribution in [0.2, 0.25) is 0 Å². The molecule has 5 nitrogen and oxygen atoms in total. The molecule has 0 bridgehead atoms. The van der Waals surface area contributed by atoms with Crippen molar-refractivity contribution in [1.82, 2.24) is 4.72 Å². The number of aliphatic hydroxyl groups excluding tert-OH is 1. The van der Waals surface area contributed by atoms with Gasteiger partial charge in [0.2, 0.25) is 10.0 Å². The molecule has 1 atom stereocenters. The first-order chi connectivity index (χ1) is 9.45. The average molecular weight is 337 g/mol. The van der Waals surface area contributed by atoms with E-state index >= 15 is 0 Å². The van der Waals surface area contributed by atoms with E-state index in [4.69, 9.17) is 4.42 Å². The first kappa shape index (κ1) is 16.2. The summed E-state index contributed by atoms with van der Waals surface area (Å²) in [6.07, 6.45) is 0. The maximum atomic E-state index is 12.4. The van der Waals surface area contributed by atoms with E-state index in [-0.39, 0.29) is 11.5 Å². The van der Waals surface area contributed by atoms with Crippen LogP contribution in [0.1, 0.15) is 17.1 Å². The van der Waals surface area contributed by atoms with Gasteiger partial charge >= 0.3 is 0 Å². The molecular formula is C12H19NO4S3. The van der Waals surface area contributed by atoms with Crippen molar-refractivity contribution >= 4 is 33.5 Å². The lowest BCUT2D eigenvalue weighted by atomic mass is 10.2. The van der Waals surface area contributed by atoms with Crippen LogP contribution in [0.5, 0.6) is 0 Å². The van der Waals surface area contributed by atoms with Gasteiger partial charge in [0.1, 0.15) is 16.4 Å². The lowest BCUT2D eigenvalue weighted by molar-refractivity contribution is 0.276. The fourth-order valence-electron chi connectivity index (χ4n) is 2.17. The number of nitrogens with one attached hydrogen (secondary N) is 1. The number of thioether (sulfide) groups is 2. The predicted molar refractivity (Wildman–Crippen MR) is 82.9 cm³/mol. The average Bonchev–Trinajstić information content (AvgIpc) is 2.72. The topological polar surface area (TPSA) is 79.5 Å². The van der Waals surface area contributed by atoms with Crippen LogP contribution in [0.25, 0.3) is 0 Å². The number of rotatable bonds is 5. The molecule has 20 heavy (non-hydrogen) atoms. The molecule has 8 heteroatoms. The molecule has 2 heterocycles. The molecule has 1 unspecified atom stereocenters. The van der Waals surface area contributed by atoms with Crippen molar-refractivity contribution in [2.75, 3.05) is 23.8 Å². The SMILES string of the molecule is Cc1oc(C)c(S(=O)(=O)NCC2CSCCS2)c1CO. The summed E-state index contributed by atoms with van der Waals surface area (Å²) in [6, 6.07) is 0. The van der Waals surface area contributed by atoms with Gasteiger partial charge in [0.25, 0.3) is 0 Å². The van der Waals surface area contributed by atoms with Crippen LogP contribution in [0, 0.1) is 13.8 Å². The zero-order valence-electron chi connectivity index (χ0n) is 11.5. The molecule has 1 aromatic rings. The lowest BCUT2D eigenvalue weighted by Gasteiger charge is -2.21. The van der Waals surface area contributed by atoms with Gasteiger partial charge in [-0.25, -0.2) is 13.1 Å². The summed E-state index contributed by atoms with van der Waals surface area (Å²) in [5.41, 5.74) is 0.348. The van der Waals surface area contributed by atoms with E-state index in [0.29, 0.717) is 28.9 Å². The van der Waals surface area contributed by atoms with Gasteiger partial charge in [0, 0.05) is 34.6 Å². The van der Waals surface area contributed by atoms with E-state index < -0.39 is 10.0 Å². The Morgan fingerprint density at radius 1 is 1.35 bits per heavy atom. The third-order valence-corrected chi connectivity index (χ3v) is 7.60. The number of hydrogen-bond donors (Lipinski definition) is 2. The molecule has 1 fully saturated rings. The fraction of sp³-hybridized carbons (Fsp3) is 0.667. The van der Waals surface area contributed by atoms with Crippen molar-refractivity contribution in [2.24, 2.45) is 0 Å². The second kappa shape index (κ2) is 6.74. The Hall–Kier alpha value is -0.150. The number of hydrogen-bond acceptors (Lipinski definition) is 6. The van der Waals surface area contributed by atoms with Crippen LogP contribution in [-0.2, 0) is 16.6 Å². The second-order valence-corrected chi connectivity index (χ2v) is 8.86. The monoisotopic (exact) mass is 337 g/mol. The smallest absolute Gasteiger partial charge is 0.244 e. The summed E-state index contributed by atoms with van der Waals surface area (Å²) in [4.78, 5) is 0.0889. The van der Waals surface area contributed by atoms with E-state index in [1.54, 1.807) is 25.6 Å². The van der Waals surface area contributed by atoms with Crippen LogP contribution in [0.15, 0.2) is 9.31 Å². The Kier molecular flexibility index (Phi) is 5.47. The predicted octanol–water partition coefficient (Wildman–Crippen LogP) is 1.52. The summed E-state index contributed by atoms with van der Waals surface area (Å²) >= 11 is 3.65. The van der Waals surface area contributed by atoms with Crippen molar-refractivity contribution in [3.63, 3.8) is 0 Å². The molecule has 2 rings (SSSR count). The van der Waals surface area contributed by atoms with Crippen molar-refractivity contribution in [3.05, 3.63) is 17.1 Å². The molecular weight excluding hydrogens is 318 g/mol. The lowest BCUT2D eigenvalue weighted by Crippen LogP contribution is -2.34. The van der Waals surface area contributed by atoms with Crippen LogP contribution in [0.4, 0.5) is 0 Å². The van der Waals surface area contributed by atoms with Gasteiger partial charge in [-0.1, -0.05) is 0 Å². The third-order valence-electron chi connectivity index (χ3n) is 3.14. The molecule has 1 aliphatic heterocycles. The zero-order chi connectivity index (χ0) is 14.8. The Bertz CT molecular complexity index is 562. The van der Waals surface area contributed by atoms with Crippen LogP contribution in [0.3, 0.4) is 0 Å². The fourth-order valence-corrected chi connectivity index (χ4v) is 6.41. The van der Waals surface area contributed by atoms with Gasteiger partial charge in [0.05, 0.1) is 6.61 Å². The van der Waals surface area contributed by atoms with Gasteiger partial charge in [-0.2, -0.15) is 23.5 Å². The van der Waals surface area contributed by atoms with Gasteiger partial charge in [0.15, 0.2) is 0 Å². The van der Waals surface area contributed by atoms with E-state index in [9.17, 15) is 13.5 Å². The molecule has 0 spiro atoms. The van der Waals surface area contributed by atoms with Crippen molar-refractivity contribution in [3.8, 4) is 0 Å². The van der Waals surface area contributed by atoms with Crippen molar-refractivity contribution in [1.29, 1.82) is 0 Å². The first-order valence-electron chi connectivity index (χ1n) is 6.34. The van der Waals surface area contributed by atoms with Crippen LogP contribution in [-0.4, -0.2) is 42.6 Å². The first-order valence-corrected chi connectivity index (χ1v) is 10.0. The van der Waals surface area contributed by atoms with E-state index in [1.165, 1.54) is 0 Å². The van der Waals surface area contributed by atoms with Gasteiger partial charge in [-0.3, -0.25) is 0 Å². The van der Waals surface area contributed by atoms with E-state index in [2.05, 4.69) is 4.72 Å². The zero-order valence-corrected chi connectivity index (χ0v) is 14.0. The Balaban J connectivity index is 2.13. The molecule has 1 aliphatic rings. The molecule has 1 saturated heterocycles. The minimum atomic E-state index is -3.64. The van der Waals surface area contributed by atoms with E-state index in [0.717, 1.165) is 17.3 Å². The van der Waals surface area contributed by atoms with Gasteiger partial charge in [-0.05, 0) is 13.8 Å². The quantitative estimate of drug-likeness (QED) is 0.848. The highest BCUT2D eigenvalue weighted by molar-refractivity contribution is 8.06. The van der Waals surface area contributed by atoms with E-state index in [1.807, 2.05) is 11.8 Å². The Morgan fingerprint density at radius 2 is 2.10 bits per heavy atom. The highest BCUT2D eigenvalue weighted by Crippen LogP contribution is 2.27. The molecule has 114 valence electrons. The molecule has 1 aromatic heterocycles. The maximum absolute atomic E-state index is 12.4. The highest BCUT2D eigenvalue weighted by Gasteiger charge is 2.27. The van der Waals surface area contributed by atoms with Crippen LogP contribution >= 0.6 is 23.5 Å². The van der Waals surface area contributed by atoms with Gasteiger partial charge < -0.3 is 9.52 Å². The summed E-state index contributed by atoms with van der Waals surface area (Å²) in [5, 5.41) is 9.63.